The molecule has 4 N–H and O–H groups in total. The van der Waals surface area contributed by atoms with Gasteiger partial charge in [-0.2, -0.15) is 0 Å². The summed E-state index contributed by atoms with van der Waals surface area (Å²) in [5.41, 5.74) is 14.2. The van der Waals surface area contributed by atoms with E-state index in [2.05, 4.69) is 0 Å². The topological polar surface area (TPSA) is 69.1 Å². The van der Waals surface area contributed by atoms with Gasteiger partial charge in [-0.3, -0.25) is 4.79 Å². The first kappa shape index (κ1) is 10.3. The quantitative estimate of drug-likeness (QED) is 0.685. The van der Waals surface area contributed by atoms with E-state index < -0.39 is 5.91 Å². The van der Waals surface area contributed by atoms with E-state index in [-0.39, 0.29) is 0 Å². The zero-order valence-corrected chi connectivity index (χ0v) is 8.37. The van der Waals surface area contributed by atoms with Crippen molar-refractivity contribution in [1.29, 1.82) is 0 Å². The molecule has 3 heteroatoms. The fourth-order valence-corrected chi connectivity index (χ4v) is 1.50. The maximum absolute atomic E-state index is 10.7. The van der Waals surface area contributed by atoms with Crippen molar-refractivity contribution in [3.05, 3.63) is 41.0 Å². The highest BCUT2D eigenvalue weighted by molar-refractivity contribution is 5.94. The first-order valence-electron chi connectivity index (χ1n) is 4.35. The molecule has 0 unspecified atom stereocenters. The third kappa shape index (κ3) is 2.13. The van der Waals surface area contributed by atoms with Gasteiger partial charge in [-0.25, -0.2) is 0 Å². The Morgan fingerprint density at radius 3 is 2.14 bits per heavy atom. The molecule has 0 bridgehead atoms. The molecular weight excluding hydrogens is 176 g/mol. The zero-order valence-electron chi connectivity index (χ0n) is 8.37. The molecular formula is C11H14N2O. The lowest BCUT2D eigenvalue weighted by Crippen LogP contribution is -2.11. The number of carbonyl (C=O) groups excluding carboxylic acids is 1. The molecule has 1 aromatic rings. The number of hydrogen-bond acceptors (Lipinski definition) is 2. The molecule has 0 saturated carbocycles. The van der Waals surface area contributed by atoms with Crippen LogP contribution in [0.25, 0.3) is 5.70 Å². The van der Waals surface area contributed by atoms with E-state index in [1.807, 2.05) is 32.0 Å². The maximum Gasteiger partial charge on any atom is 0.243 e. The molecule has 0 aliphatic rings. The smallest absolute Gasteiger partial charge is 0.243 e. The summed E-state index contributed by atoms with van der Waals surface area (Å²) in [4.78, 5) is 10.7. The van der Waals surface area contributed by atoms with Gasteiger partial charge in [-0.1, -0.05) is 18.2 Å². The molecule has 1 amide bonds. The second-order valence-electron chi connectivity index (χ2n) is 3.27. The summed E-state index contributed by atoms with van der Waals surface area (Å²) in [6.07, 6.45) is 1.25. The molecule has 0 radical (unpaired) electrons. The van der Waals surface area contributed by atoms with Crippen molar-refractivity contribution in [1.82, 2.24) is 0 Å². The average molecular weight is 190 g/mol. The van der Waals surface area contributed by atoms with Crippen molar-refractivity contribution in [2.75, 3.05) is 0 Å². The number of carbonyl (C=O) groups is 1. The first-order chi connectivity index (χ1) is 6.52. The fourth-order valence-electron chi connectivity index (χ4n) is 1.50. The summed E-state index contributed by atoms with van der Waals surface area (Å²) in [6, 6.07) is 5.85. The third-order valence-corrected chi connectivity index (χ3v) is 2.07. The number of primary amides is 1. The van der Waals surface area contributed by atoms with Gasteiger partial charge in [0.05, 0.1) is 0 Å². The number of hydrogen-bond donors (Lipinski definition) is 2. The number of rotatable bonds is 2. The predicted octanol–water partition coefficient (Wildman–Crippen LogP) is 1.09. The van der Waals surface area contributed by atoms with Gasteiger partial charge in [0, 0.05) is 17.3 Å². The van der Waals surface area contributed by atoms with E-state index in [0.29, 0.717) is 5.70 Å². The Bertz CT molecular complexity index is 374. The van der Waals surface area contributed by atoms with Crippen molar-refractivity contribution in [3.63, 3.8) is 0 Å². The highest BCUT2D eigenvalue weighted by atomic mass is 16.1. The Labute approximate surface area is 83.4 Å². The van der Waals surface area contributed by atoms with Crippen LogP contribution in [0, 0.1) is 13.8 Å². The molecule has 0 spiro atoms. The largest absolute Gasteiger partial charge is 0.398 e. The minimum absolute atomic E-state index is 0.424. The molecule has 0 aliphatic carbocycles. The second-order valence-corrected chi connectivity index (χ2v) is 3.27. The zero-order chi connectivity index (χ0) is 10.7. The van der Waals surface area contributed by atoms with Crippen LogP contribution >= 0.6 is 0 Å². The second kappa shape index (κ2) is 3.96. The maximum atomic E-state index is 10.7. The van der Waals surface area contributed by atoms with Crippen molar-refractivity contribution in [2.45, 2.75) is 13.8 Å². The van der Waals surface area contributed by atoms with Crippen LogP contribution in [0.15, 0.2) is 24.3 Å². The molecule has 0 heterocycles. The Hall–Kier alpha value is -1.77. The standard InChI is InChI=1S/C11H14N2O/c1-7-4-3-5-8(2)11(7)9(12)6-10(13)14/h3-6H,12H2,1-2H3,(H2,13,14). The van der Waals surface area contributed by atoms with Crippen LogP contribution in [0.3, 0.4) is 0 Å². The predicted molar refractivity (Wildman–Crippen MR) is 57.3 cm³/mol. The van der Waals surface area contributed by atoms with Gasteiger partial charge in [0.1, 0.15) is 0 Å². The highest BCUT2D eigenvalue weighted by Gasteiger charge is 2.05. The van der Waals surface area contributed by atoms with E-state index >= 15 is 0 Å². The molecule has 3 nitrogen and oxygen atoms in total. The van der Waals surface area contributed by atoms with Crippen molar-refractivity contribution >= 4 is 11.6 Å². The van der Waals surface area contributed by atoms with Crippen LogP contribution in [0.2, 0.25) is 0 Å². The summed E-state index contributed by atoms with van der Waals surface area (Å²) in [6.45, 7) is 3.90. The van der Waals surface area contributed by atoms with Crippen LogP contribution in [-0.2, 0) is 4.79 Å². The van der Waals surface area contributed by atoms with Gasteiger partial charge in [0.2, 0.25) is 5.91 Å². The van der Waals surface area contributed by atoms with Crippen LogP contribution in [0.4, 0.5) is 0 Å². The molecule has 0 atom stereocenters. The Balaban J connectivity index is 3.25. The van der Waals surface area contributed by atoms with E-state index in [0.717, 1.165) is 16.7 Å². The minimum atomic E-state index is -0.523. The number of nitrogens with two attached hydrogens (primary N) is 2. The first-order valence-corrected chi connectivity index (χ1v) is 4.35. The fraction of sp³-hybridized carbons (Fsp3) is 0.182. The number of aryl methyl sites for hydroxylation is 2. The SMILES string of the molecule is Cc1cccc(C)c1C(N)=CC(N)=O. The van der Waals surface area contributed by atoms with Gasteiger partial charge in [-0.05, 0) is 25.0 Å². The molecule has 1 aromatic carbocycles. The van der Waals surface area contributed by atoms with E-state index in [1.54, 1.807) is 0 Å². The summed E-state index contributed by atoms with van der Waals surface area (Å²) in [7, 11) is 0. The van der Waals surface area contributed by atoms with E-state index in [9.17, 15) is 4.79 Å². The van der Waals surface area contributed by atoms with Gasteiger partial charge in [0.15, 0.2) is 0 Å². The van der Waals surface area contributed by atoms with Gasteiger partial charge in [0.25, 0.3) is 0 Å². The molecule has 0 saturated heterocycles. The van der Waals surface area contributed by atoms with Gasteiger partial charge in [-0.15, -0.1) is 0 Å². The molecule has 0 fully saturated rings. The van der Waals surface area contributed by atoms with Crippen LogP contribution in [-0.4, -0.2) is 5.91 Å². The average Bonchev–Trinajstić information content (AvgIpc) is 2.01. The Kier molecular flexibility index (Phi) is 2.92. The molecule has 74 valence electrons. The van der Waals surface area contributed by atoms with Crippen molar-refractivity contribution in [3.8, 4) is 0 Å². The summed E-state index contributed by atoms with van der Waals surface area (Å²) < 4.78 is 0. The van der Waals surface area contributed by atoms with Gasteiger partial charge >= 0.3 is 0 Å². The molecule has 1 rings (SSSR count). The third-order valence-electron chi connectivity index (χ3n) is 2.07. The van der Waals surface area contributed by atoms with Crippen molar-refractivity contribution in [2.24, 2.45) is 11.5 Å². The normalized spacial score (nSPS) is 11.4. The summed E-state index contributed by atoms with van der Waals surface area (Å²) in [5, 5.41) is 0. The van der Waals surface area contributed by atoms with Gasteiger partial charge < -0.3 is 11.5 Å². The van der Waals surface area contributed by atoms with Crippen molar-refractivity contribution < 1.29 is 4.79 Å². The lowest BCUT2D eigenvalue weighted by atomic mass is 10.00. The summed E-state index contributed by atoms with van der Waals surface area (Å²) >= 11 is 0. The minimum Gasteiger partial charge on any atom is -0.398 e. The van der Waals surface area contributed by atoms with Crippen LogP contribution in [0.1, 0.15) is 16.7 Å². The number of benzene rings is 1. The highest BCUT2D eigenvalue weighted by Crippen LogP contribution is 2.18. The lowest BCUT2D eigenvalue weighted by molar-refractivity contribution is -0.113. The molecule has 0 aliphatic heterocycles. The Morgan fingerprint density at radius 1 is 1.21 bits per heavy atom. The lowest BCUT2D eigenvalue weighted by Gasteiger charge is -2.08. The Morgan fingerprint density at radius 2 is 1.71 bits per heavy atom. The van der Waals surface area contributed by atoms with E-state index in [1.165, 1.54) is 6.08 Å². The molecule has 0 aromatic heterocycles. The van der Waals surface area contributed by atoms with Crippen LogP contribution in [0.5, 0.6) is 0 Å². The van der Waals surface area contributed by atoms with Crippen LogP contribution < -0.4 is 11.5 Å². The number of amides is 1. The molecule has 14 heavy (non-hydrogen) atoms. The van der Waals surface area contributed by atoms with E-state index in [4.69, 9.17) is 11.5 Å². The monoisotopic (exact) mass is 190 g/mol. The summed E-state index contributed by atoms with van der Waals surface area (Å²) in [5.74, 6) is -0.523.